The molecule has 0 bridgehead atoms. The van der Waals surface area contributed by atoms with Crippen LogP contribution in [0.15, 0.2) is 48.5 Å². The largest absolute Gasteiger partial charge is 0.350 e. The molecular weight excluding hydrogens is 376 g/mol. The van der Waals surface area contributed by atoms with Crippen molar-refractivity contribution in [2.75, 3.05) is 10.6 Å². The van der Waals surface area contributed by atoms with Crippen molar-refractivity contribution in [3.63, 3.8) is 0 Å². The van der Waals surface area contributed by atoms with Crippen LogP contribution in [0.4, 0.5) is 22.2 Å². The molecule has 0 spiro atoms. The van der Waals surface area contributed by atoms with E-state index in [1.54, 1.807) is 12.1 Å². The van der Waals surface area contributed by atoms with Crippen LogP contribution in [0.5, 0.6) is 0 Å². The highest BCUT2D eigenvalue weighted by molar-refractivity contribution is 7.15. The van der Waals surface area contributed by atoms with Gasteiger partial charge in [-0.3, -0.25) is 20.2 Å². The maximum atomic E-state index is 12.6. The smallest absolute Gasteiger partial charge is 0.293 e. The Balaban J connectivity index is 1.55. The van der Waals surface area contributed by atoms with Crippen LogP contribution in [-0.4, -0.2) is 15.8 Å². The van der Waals surface area contributed by atoms with Crippen LogP contribution in [-0.2, 0) is 12.8 Å². The van der Waals surface area contributed by atoms with Crippen LogP contribution < -0.4 is 10.6 Å². The second-order valence-electron chi connectivity index (χ2n) is 6.53. The highest BCUT2D eigenvalue weighted by Crippen LogP contribution is 2.31. The molecule has 2 N–H and O–H groups in total. The van der Waals surface area contributed by atoms with Gasteiger partial charge in [-0.2, -0.15) is 0 Å². The molecule has 3 aromatic rings. The zero-order valence-corrected chi connectivity index (χ0v) is 15.8. The molecule has 7 nitrogen and oxygen atoms in total. The van der Waals surface area contributed by atoms with Gasteiger partial charge in [-0.25, -0.2) is 4.98 Å². The number of carbonyl (C=O) groups excluding carboxylic acids is 1. The molecule has 142 valence electrons. The fraction of sp³-hybridized carbons (Fsp3) is 0.200. The average molecular weight is 394 g/mol. The van der Waals surface area contributed by atoms with Crippen molar-refractivity contribution in [3.05, 3.63) is 74.8 Å². The Kier molecular flexibility index (Phi) is 5.03. The van der Waals surface area contributed by atoms with Gasteiger partial charge in [0.2, 0.25) is 0 Å². The number of thiazole rings is 1. The molecule has 0 saturated carbocycles. The van der Waals surface area contributed by atoms with E-state index in [9.17, 15) is 14.9 Å². The zero-order chi connectivity index (χ0) is 19.5. The molecular formula is C20H18N4O3S. The van der Waals surface area contributed by atoms with Crippen LogP contribution in [0, 0.1) is 10.1 Å². The third kappa shape index (κ3) is 3.86. The summed E-state index contributed by atoms with van der Waals surface area (Å²) in [5, 5.41) is 17.8. The van der Waals surface area contributed by atoms with Crippen molar-refractivity contribution in [1.82, 2.24) is 4.98 Å². The van der Waals surface area contributed by atoms with Gasteiger partial charge in [-0.1, -0.05) is 18.2 Å². The second kappa shape index (κ2) is 7.77. The van der Waals surface area contributed by atoms with E-state index in [0.717, 1.165) is 37.1 Å². The van der Waals surface area contributed by atoms with E-state index in [4.69, 9.17) is 0 Å². The van der Waals surface area contributed by atoms with Crippen molar-refractivity contribution in [2.24, 2.45) is 0 Å². The van der Waals surface area contributed by atoms with E-state index in [-0.39, 0.29) is 11.3 Å². The Morgan fingerprint density at radius 1 is 1.11 bits per heavy atom. The molecule has 8 heteroatoms. The quantitative estimate of drug-likeness (QED) is 0.472. The summed E-state index contributed by atoms with van der Waals surface area (Å²) in [5.74, 6) is -0.402. The van der Waals surface area contributed by atoms with Crippen molar-refractivity contribution < 1.29 is 9.72 Å². The second-order valence-corrected chi connectivity index (χ2v) is 7.61. The predicted octanol–water partition coefficient (Wildman–Crippen LogP) is 4.93. The molecule has 1 heterocycles. The molecule has 2 aromatic carbocycles. The highest BCUT2D eigenvalue weighted by Gasteiger charge is 2.20. The third-order valence-corrected chi connectivity index (χ3v) is 5.65. The molecule has 0 saturated heterocycles. The number of fused-ring (bicyclic) bond motifs is 1. The van der Waals surface area contributed by atoms with Crippen LogP contribution in [0.25, 0.3) is 0 Å². The van der Waals surface area contributed by atoms with Crippen molar-refractivity contribution >= 4 is 39.4 Å². The summed E-state index contributed by atoms with van der Waals surface area (Å²) >= 11 is 1.48. The number of hydrogen-bond acceptors (Lipinski definition) is 6. The lowest BCUT2D eigenvalue weighted by Crippen LogP contribution is -2.12. The first-order valence-electron chi connectivity index (χ1n) is 9.00. The van der Waals surface area contributed by atoms with Gasteiger partial charge in [0, 0.05) is 22.2 Å². The number of hydrogen-bond donors (Lipinski definition) is 2. The number of para-hydroxylation sites is 1. The van der Waals surface area contributed by atoms with Crippen molar-refractivity contribution in [2.45, 2.75) is 25.7 Å². The summed E-state index contributed by atoms with van der Waals surface area (Å²) in [6.07, 6.45) is 4.19. The zero-order valence-electron chi connectivity index (χ0n) is 15.0. The molecule has 0 radical (unpaired) electrons. The molecule has 4 rings (SSSR count). The number of nitro groups is 1. The topological polar surface area (TPSA) is 97.2 Å². The monoisotopic (exact) mass is 394 g/mol. The van der Waals surface area contributed by atoms with Gasteiger partial charge in [-0.15, -0.1) is 11.3 Å². The average Bonchev–Trinajstić information content (AvgIpc) is 3.11. The standard InChI is InChI=1S/C20H18N4O3S/c25-19(23-20-22-16-8-4-5-9-18(16)28-20)13-10-11-15(17(12-13)24(26)27)21-14-6-2-1-3-7-14/h1-3,6-7,10-12,21H,4-5,8-9H2,(H,22,23,25). The summed E-state index contributed by atoms with van der Waals surface area (Å²) in [6.45, 7) is 0. The van der Waals surface area contributed by atoms with Gasteiger partial charge >= 0.3 is 0 Å². The Labute approximate surface area is 165 Å². The molecule has 1 amide bonds. The number of nitrogens with one attached hydrogen (secondary N) is 2. The summed E-state index contributed by atoms with van der Waals surface area (Å²) in [5.41, 5.74) is 2.18. The van der Waals surface area contributed by atoms with E-state index in [2.05, 4.69) is 15.6 Å². The first kappa shape index (κ1) is 18.1. The lowest BCUT2D eigenvalue weighted by molar-refractivity contribution is -0.383. The number of carbonyl (C=O) groups is 1. The number of benzene rings is 2. The molecule has 1 aromatic heterocycles. The Morgan fingerprint density at radius 3 is 2.64 bits per heavy atom. The maximum absolute atomic E-state index is 12.6. The first-order chi connectivity index (χ1) is 13.6. The molecule has 1 aliphatic rings. The highest BCUT2D eigenvalue weighted by atomic mass is 32.1. The normalized spacial score (nSPS) is 12.9. The van der Waals surface area contributed by atoms with Gasteiger partial charge in [0.25, 0.3) is 11.6 Å². The van der Waals surface area contributed by atoms with Gasteiger partial charge in [0.05, 0.1) is 10.6 Å². The van der Waals surface area contributed by atoms with Gasteiger partial charge in [0.1, 0.15) is 5.69 Å². The Morgan fingerprint density at radius 2 is 1.89 bits per heavy atom. The number of nitro benzene ring substituents is 1. The Hall–Kier alpha value is -3.26. The fourth-order valence-electron chi connectivity index (χ4n) is 3.18. The molecule has 0 aliphatic heterocycles. The number of anilines is 3. The number of rotatable bonds is 5. The van der Waals surface area contributed by atoms with E-state index in [1.165, 1.54) is 22.3 Å². The van der Waals surface area contributed by atoms with Gasteiger partial charge in [0.15, 0.2) is 5.13 Å². The van der Waals surface area contributed by atoms with Crippen molar-refractivity contribution in [3.8, 4) is 0 Å². The Bertz CT molecular complexity index is 1010. The molecule has 0 fully saturated rings. The lowest BCUT2D eigenvalue weighted by atomic mass is 10.0. The molecule has 0 unspecified atom stereocenters. The number of nitrogens with zero attached hydrogens (tertiary/aromatic N) is 2. The van der Waals surface area contributed by atoms with E-state index in [0.29, 0.717) is 10.8 Å². The van der Waals surface area contributed by atoms with Crippen LogP contribution in [0.1, 0.15) is 33.8 Å². The number of amides is 1. The van der Waals surface area contributed by atoms with E-state index >= 15 is 0 Å². The minimum atomic E-state index is -0.496. The summed E-state index contributed by atoms with van der Waals surface area (Å²) < 4.78 is 0. The van der Waals surface area contributed by atoms with E-state index in [1.807, 2.05) is 30.3 Å². The SMILES string of the molecule is O=C(Nc1nc2c(s1)CCCC2)c1ccc(Nc2ccccc2)c([N+](=O)[O-])c1. The summed E-state index contributed by atoms with van der Waals surface area (Å²) in [6, 6.07) is 13.6. The number of aromatic nitrogens is 1. The van der Waals surface area contributed by atoms with E-state index < -0.39 is 10.8 Å². The summed E-state index contributed by atoms with van der Waals surface area (Å²) in [4.78, 5) is 29.3. The predicted molar refractivity (Wildman–Crippen MR) is 110 cm³/mol. The van der Waals surface area contributed by atoms with Crippen LogP contribution >= 0.6 is 11.3 Å². The minimum absolute atomic E-state index is 0.157. The minimum Gasteiger partial charge on any atom is -0.350 e. The fourth-order valence-corrected chi connectivity index (χ4v) is 4.23. The first-order valence-corrected chi connectivity index (χ1v) is 9.82. The molecule has 28 heavy (non-hydrogen) atoms. The third-order valence-electron chi connectivity index (χ3n) is 4.58. The van der Waals surface area contributed by atoms with Crippen LogP contribution in [0.2, 0.25) is 0 Å². The molecule has 0 atom stereocenters. The maximum Gasteiger partial charge on any atom is 0.293 e. The van der Waals surface area contributed by atoms with Crippen molar-refractivity contribution in [1.29, 1.82) is 0 Å². The van der Waals surface area contributed by atoms with Gasteiger partial charge < -0.3 is 5.32 Å². The van der Waals surface area contributed by atoms with Crippen LogP contribution in [0.3, 0.4) is 0 Å². The molecule has 1 aliphatic carbocycles. The lowest BCUT2D eigenvalue weighted by Gasteiger charge is -2.08. The number of aryl methyl sites for hydroxylation is 2. The van der Waals surface area contributed by atoms with Gasteiger partial charge in [-0.05, 0) is 49.9 Å². The summed E-state index contributed by atoms with van der Waals surface area (Å²) in [7, 11) is 0.